The van der Waals surface area contributed by atoms with Crippen molar-refractivity contribution in [3.63, 3.8) is 0 Å². The third-order valence-corrected chi connectivity index (χ3v) is 4.37. The van der Waals surface area contributed by atoms with Gasteiger partial charge in [-0.1, -0.05) is 12.1 Å². The van der Waals surface area contributed by atoms with Gasteiger partial charge in [-0.15, -0.1) is 0 Å². The second kappa shape index (κ2) is 7.63. The second-order valence-corrected chi connectivity index (χ2v) is 6.37. The van der Waals surface area contributed by atoms with Crippen LogP contribution in [0, 0.1) is 12.7 Å². The van der Waals surface area contributed by atoms with E-state index in [9.17, 15) is 9.18 Å². The number of halogens is 1. The van der Waals surface area contributed by atoms with Crippen LogP contribution in [0.1, 0.15) is 16.2 Å². The first-order valence-electron chi connectivity index (χ1n) is 8.92. The molecule has 2 aromatic heterocycles. The molecule has 0 unspecified atom stereocenters. The summed E-state index contributed by atoms with van der Waals surface area (Å²) >= 11 is 0. The van der Waals surface area contributed by atoms with Crippen LogP contribution < -0.4 is 10.1 Å². The number of furan rings is 1. The van der Waals surface area contributed by atoms with E-state index in [0.717, 1.165) is 5.76 Å². The van der Waals surface area contributed by atoms with E-state index in [0.29, 0.717) is 22.9 Å². The number of hydrogen-bond acceptors (Lipinski definition) is 4. The van der Waals surface area contributed by atoms with Crippen molar-refractivity contribution in [3.8, 4) is 22.9 Å². The van der Waals surface area contributed by atoms with Gasteiger partial charge in [0.1, 0.15) is 28.7 Å². The molecule has 0 aliphatic rings. The van der Waals surface area contributed by atoms with Crippen molar-refractivity contribution in [1.82, 2.24) is 9.78 Å². The van der Waals surface area contributed by atoms with Crippen molar-refractivity contribution in [2.75, 3.05) is 12.4 Å². The molecule has 0 fully saturated rings. The van der Waals surface area contributed by atoms with Crippen molar-refractivity contribution in [1.29, 1.82) is 0 Å². The van der Waals surface area contributed by atoms with E-state index in [1.165, 1.54) is 16.8 Å². The Morgan fingerprint density at radius 2 is 1.86 bits per heavy atom. The monoisotopic (exact) mass is 391 g/mol. The van der Waals surface area contributed by atoms with E-state index >= 15 is 0 Å². The highest BCUT2D eigenvalue weighted by Gasteiger charge is 2.20. The van der Waals surface area contributed by atoms with Gasteiger partial charge in [-0.2, -0.15) is 5.10 Å². The van der Waals surface area contributed by atoms with Gasteiger partial charge >= 0.3 is 0 Å². The maximum atomic E-state index is 14.0. The van der Waals surface area contributed by atoms with E-state index in [-0.39, 0.29) is 11.4 Å². The second-order valence-electron chi connectivity index (χ2n) is 6.37. The molecule has 2 aromatic carbocycles. The maximum absolute atomic E-state index is 14.0. The average Bonchev–Trinajstić information content (AvgIpc) is 3.36. The van der Waals surface area contributed by atoms with Crippen molar-refractivity contribution >= 4 is 11.6 Å². The Labute approximate surface area is 166 Å². The molecule has 1 amide bonds. The van der Waals surface area contributed by atoms with Crippen molar-refractivity contribution < 1.29 is 18.3 Å². The quantitative estimate of drug-likeness (QED) is 0.528. The number of rotatable bonds is 5. The number of amides is 1. The smallest absolute Gasteiger partial charge is 0.274 e. The summed E-state index contributed by atoms with van der Waals surface area (Å²) in [5.74, 6) is 0.942. The summed E-state index contributed by atoms with van der Waals surface area (Å²) in [7, 11) is 1.58. The van der Waals surface area contributed by atoms with Crippen LogP contribution in [-0.2, 0) is 0 Å². The summed E-state index contributed by atoms with van der Waals surface area (Å²) < 4.78 is 26.3. The van der Waals surface area contributed by atoms with E-state index in [1.54, 1.807) is 55.6 Å². The molecule has 7 heteroatoms. The highest BCUT2D eigenvalue weighted by molar-refractivity contribution is 6.04. The number of carbonyl (C=O) groups is 1. The Morgan fingerprint density at radius 3 is 2.52 bits per heavy atom. The molecule has 29 heavy (non-hydrogen) atoms. The summed E-state index contributed by atoms with van der Waals surface area (Å²) in [5, 5.41) is 7.13. The zero-order chi connectivity index (χ0) is 20.4. The summed E-state index contributed by atoms with van der Waals surface area (Å²) in [6.45, 7) is 1.83. The molecule has 0 radical (unpaired) electrons. The third-order valence-electron chi connectivity index (χ3n) is 4.37. The lowest BCUT2D eigenvalue weighted by Crippen LogP contribution is -2.17. The molecule has 0 aliphatic heterocycles. The predicted molar refractivity (Wildman–Crippen MR) is 107 cm³/mol. The van der Waals surface area contributed by atoms with E-state index in [4.69, 9.17) is 9.15 Å². The molecule has 0 atom stereocenters. The lowest BCUT2D eigenvalue weighted by molar-refractivity contribution is 0.101. The van der Waals surface area contributed by atoms with Crippen LogP contribution >= 0.6 is 0 Å². The van der Waals surface area contributed by atoms with Gasteiger partial charge in [0.05, 0.1) is 18.5 Å². The number of nitrogens with one attached hydrogen (secondary N) is 1. The molecule has 4 aromatic rings. The number of para-hydroxylation sites is 1. The van der Waals surface area contributed by atoms with Crippen molar-refractivity contribution in [3.05, 3.63) is 84.0 Å². The van der Waals surface area contributed by atoms with E-state index < -0.39 is 11.7 Å². The number of aromatic nitrogens is 2. The lowest BCUT2D eigenvalue weighted by atomic mass is 10.2. The first-order valence-corrected chi connectivity index (χ1v) is 8.92. The minimum absolute atomic E-state index is 0.0929. The van der Waals surface area contributed by atoms with Crippen molar-refractivity contribution in [2.24, 2.45) is 0 Å². The van der Waals surface area contributed by atoms with Gasteiger partial charge in [-0.3, -0.25) is 4.79 Å². The number of methoxy groups -OCH3 is 1. The number of aryl methyl sites for hydroxylation is 1. The van der Waals surface area contributed by atoms with Crippen LogP contribution in [0.15, 0.2) is 71.1 Å². The van der Waals surface area contributed by atoms with Crippen LogP contribution in [0.25, 0.3) is 17.1 Å². The Morgan fingerprint density at radius 1 is 1.10 bits per heavy atom. The zero-order valence-corrected chi connectivity index (χ0v) is 15.8. The SMILES string of the molecule is COc1ccc(-n2nc(-c3ccc(C)o3)cc2C(=O)Nc2ccccc2F)cc1. The molecular weight excluding hydrogens is 373 g/mol. The fraction of sp³-hybridized carbons (Fsp3) is 0.0909. The molecule has 1 N–H and O–H groups in total. The number of benzene rings is 2. The van der Waals surface area contributed by atoms with Crippen LogP contribution in [-0.4, -0.2) is 22.8 Å². The minimum atomic E-state index is -0.516. The summed E-state index contributed by atoms with van der Waals surface area (Å²) in [5.41, 5.74) is 1.48. The molecule has 0 bridgehead atoms. The standard InChI is InChI=1S/C22H18FN3O3/c1-14-7-12-21(29-14)19-13-20(22(27)24-18-6-4-3-5-17(18)23)26(25-19)15-8-10-16(28-2)11-9-15/h3-13H,1-2H3,(H,24,27). The number of carbonyl (C=O) groups excluding carboxylic acids is 1. The van der Waals surface area contributed by atoms with Gasteiger partial charge in [-0.25, -0.2) is 9.07 Å². The normalized spacial score (nSPS) is 10.7. The molecular formula is C22H18FN3O3. The highest BCUT2D eigenvalue weighted by Crippen LogP contribution is 2.25. The van der Waals surface area contributed by atoms with Crippen LogP contribution in [0.5, 0.6) is 5.75 Å². The number of ether oxygens (including phenoxy) is 1. The zero-order valence-electron chi connectivity index (χ0n) is 15.8. The van der Waals surface area contributed by atoms with E-state index in [2.05, 4.69) is 10.4 Å². The fourth-order valence-corrected chi connectivity index (χ4v) is 2.90. The number of hydrogen-bond donors (Lipinski definition) is 1. The Kier molecular flexibility index (Phi) is 4.87. The molecule has 2 heterocycles. The molecule has 146 valence electrons. The number of anilines is 1. The Balaban J connectivity index is 1.76. The molecule has 0 saturated heterocycles. The van der Waals surface area contributed by atoms with Gasteiger partial charge < -0.3 is 14.5 Å². The third kappa shape index (κ3) is 3.75. The summed E-state index contributed by atoms with van der Waals surface area (Å²) in [4.78, 5) is 12.9. The first-order chi connectivity index (χ1) is 14.0. The van der Waals surface area contributed by atoms with Crippen molar-refractivity contribution in [2.45, 2.75) is 6.92 Å². The van der Waals surface area contributed by atoms with Gasteiger partial charge in [0.2, 0.25) is 0 Å². The predicted octanol–water partition coefficient (Wildman–Crippen LogP) is 4.84. The molecule has 0 spiro atoms. The van der Waals surface area contributed by atoms with Gasteiger partial charge in [0, 0.05) is 6.07 Å². The topological polar surface area (TPSA) is 69.3 Å². The van der Waals surface area contributed by atoms with E-state index in [1.807, 2.05) is 13.0 Å². The summed E-state index contributed by atoms with van der Waals surface area (Å²) in [6.07, 6.45) is 0. The largest absolute Gasteiger partial charge is 0.497 e. The average molecular weight is 391 g/mol. The van der Waals surface area contributed by atoms with Crippen LogP contribution in [0.2, 0.25) is 0 Å². The molecule has 4 rings (SSSR count). The van der Waals surface area contributed by atoms with Crippen LogP contribution in [0.4, 0.5) is 10.1 Å². The summed E-state index contributed by atoms with van der Waals surface area (Å²) in [6, 6.07) is 18.3. The first kappa shape index (κ1) is 18.5. The fourth-order valence-electron chi connectivity index (χ4n) is 2.90. The van der Waals surface area contributed by atoms with Gasteiger partial charge in [0.25, 0.3) is 5.91 Å². The number of nitrogens with zero attached hydrogens (tertiary/aromatic N) is 2. The Bertz CT molecular complexity index is 1160. The van der Waals surface area contributed by atoms with Gasteiger partial charge in [0.15, 0.2) is 5.76 Å². The molecule has 0 saturated carbocycles. The molecule has 0 aliphatic carbocycles. The maximum Gasteiger partial charge on any atom is 0.274 e. The highest BCUT2D eigenvalue weighted by atomic mass is 19.1. The molecule has 6 nitrogen and oxygen atoms in total. The van der Waals surface area contributed by atoms with Gasteiger partial charge in [-0.05, 0) is 55.5 Å². The Hall–Kier alpha value is -3.87. The van der Waals surface area contributed by atoms with Crippen LogP contribution in [0.3, 0.4) is 0 Å². The lowest BCUT2D eigenvalue weighted by Gasteiger charge is -2.09. The minimum Gasteiger partial charge on any atom is -0.497 e.